The first-order valence-electron chi connectivity index (χ1n) is 6.53. The number of carboxylic acid groups (broad SMARTS) is 1. The molecule has 0 spiro atoms. The van der Waals surface area contributed by atoms with Gasteiger partial charge in [-0.1, -0.05) is 0 Å². The number of hydrogen-bond acceptors (Lipinski definition) is 3. The molecule has 2 saturated heterocycles. The number of piperidine rings is 1. The number of rotatable bonds is 2. The molecule has 0 aromatic rings. The van der Waals surface area contributed by atoms with Gasteiger partial charge in [-0.3, -0.25) is 4.79 Å². The molecule has 18 heavy (non-hydrogen) atoms. The molecule has 2 heterocycles. The highest BCUT2D eigenvalue weighted by Gasteiger charge is 2.29. The molecule has 2 aliphatic rings. The molecule has 102 valence electrons. The predicted molar refractivity (Wildman–Crippen MR) is 70.8 cm³/mol. The first kappa shape index (κ1) is 13.5. The number of carbonyl (C=O) groups is 2. The number of nitrogens with zero attached hydrogens (tertiary/aromatic N) is 1. The Labute approximate surface area is 111 Å². The first-order chi connectivity index (χ1) is 8.66. The molecule has 5 nitrogen and oxygen atoms in total. The summed E-state index contributed by atoms with van der Waals surface area (Å²) in [5, 5.41) is 12.0. The van der Waals surface area contributed by atoms with Crippen molar-refractivity contribution in [3.8, 4) is 0 Å². The maximum absolute atomic E-state index is 12.0. The van der Waals surface area contributed by atoms with Crippen molar-refractivity contribution in [1.29, 1.82) is 0 Å². The average molecular weight is 272 g/mol. The third kappa shape index (κ3) is 3.54. The van der Waals surface area contributed by atoms with Crippen molar-refractivity contribution < 1.29 is 14.7 Å². The number of hydrogen-bond donors (Lipinski definition) is 2. The van der Waals surface area contributed by atoms with Crippen LogP contribution in [0.25, 0.3) is 0 Å². The summed E-state index contributed by atoms with van der Waals surface area (Å²) in [6.07, 6.45) is 3.64. The first-order valence-corrected chi connectivity index (χ1v) is 7.68. The second-order valence-electron chi connectivity index (χ2n) is 4.99. The van der Waals surface area contributed by atoms with E-state index in [0.29, 0.717) is 19.5 Å². The fraction of sp³-hybridized carbons (Fsp3) is 0.833. The Kier molecular flexibility index (Phi) is 4.74. The van der Waals surface area contributed by atoms with E-state index in [1.807, 2.05) is 11.8 Å². The minimum Gasteiger partial charge on any atom is -0.481 e. The van der Waals surface area contributed by atoms with Gasteiger partial charge in [-0.2, -0.15) is 11.8 Å². The number of nitrogens with one attached hydrogen (secondary N) is 1. The van der Waals surface area contributed by atoms with Gasteiger partial charge in [0.05, 0.1) is 5.92 Å². The van der Waals surface area contributed by atoms with Crippen LogP contribution in [0.1, 0.15) is 25.7 Å². The van der Waals surface area contributed by atoms with Crippen LogP contribution in [0.4, 0.5) is 4.79 Å². The Morgan fingerprint density at radius 1 is 1.28 bits per heavy atom. The Balaban J connectivity index is 1.82. The normalized spacial score (nSPS) is 28.8. The molecule has 0 aromatic heterocycles. The third-order valence-electron chi connectivity index (χ3n) is 3.55. The molecule has 0 aliphatic carbocycles. The zero-order chi connectivity index (χ0) is 13.0. The number of amides is 2. The van der Waals surface area contributed by atoms with E-state index in [0.717, 1.165) is 25.0 Å². The molecular weight excluding hydrogens is 252 g/mol. The van der Waals surface area contributed by atoms with Crippen molar-refractivity contribution in [2.24, 2.45) is 5.92 Å². The molecule has 0 radical (unpaired) electrons. The van der Waals surface area contributed by atoms with Gasteiger partial charge in [0.25, 0.3) is 0 Å². The van der Waals surface area contributed by atoms with Gasteiger partial charge in [0.15, 0.2) is 0 Å². The second-order valence-corrected chi connectivity index (χ2v) is 6.14. The van der Waals surface area contributed by atoms with Crippen molar-refractivity contribution in [3.05, 3.63) is 0 Å². The summed E-state index contributed by atoms with van der Waals surface area (Å²) in [4.78, 5) is 24.7. The Bertz CT molecular complexity index is 318. The molecule has 2 rings (SSSR count). The van der Waals surface area contributed by atoms with Gasteiger partial charge in [-0.15, -0.1) is 0 Å². The lowest BCUT2D eigenvalue weighted by molar-refractivity contribution is -0.143. The van der Waals surface area contributed by atoms with Crippen LogP contribution in [-0.4, -0.2) is 52.6 Å². The molecule has 0 aromatic carbocycles. The minimum absolute atomic E-state index is 0.0894. The summed E-state index contributed by atoms with van der Waals surface area (Å²) in [6, 6.07) is 0.162. The van der Waals surface area contributed by atoms with E-state index in [9.17, 15) is 9.59 Å². The number of carboxylic acids is 1. The van der Waals surface area contributed by atoms with Crippen LogP contribution in [0.2, 0.25) is 0 Å². The van der Waals surface area contributed by atoms with E-state index in [2.05, 4.69) is 5.32 Å². The Hall–Kier alpha value is -0.910. The van der Waals surface area contributed by atoms with E-state index in [1.54, 1.807) is 4.90 Å². The number of aliphatic carboxylic acids is 1. The Morgan fingerprint density at radius 3 is 2.78 bits per heavy atom. The van der Waals surface area contributed by atoms with E-state index in [-0.39, 0.29) is 12.1 Å². The summed E-state index contributed by atoms with van der Waals surface area (Å²) < 4.78 is 0. The summed E-state index contributed by atoms with van der Waals surface area (Å²) in [7, 11) is 0. The van der Waals surface area contributed by atoms with Gasteiger partial charge in [0.1, 0.15) is 0 Å². The van der Waals surface area contributed by atoms with E-state index < -0.39 is 11.9 Å². The Morgan fingerprint density at radius 2 is 2.11 bits per heavy atom. The molecule has 2 aliphatic heterocycles. The van der Waals surface area contributed by atoms with E-state index in [4.69, 9.17) is 5.11 Å². The van der Waals surface area contributed by atoms with E-state index in [1.165, 1.54) is 5.75 Å². The van der Waals surface area contributed by atoms with Crippen LogP contribution < -0.4 is 5.32 Å². The zero-order valence-corrected chi connectivity index (χ0v) is 11.2. The van der Waals surface area contributed by atoms with Crippen LogP contribution in [0.3, 0.4) is 0 Å². The number of thioether (sulfide) groups is 1. The lowest BCUT2D eigenvalue weighted by Gasteiger charge is -2.33. The molecule has 2 fully saturated rings. The van der Waals surface area contributed by atoms with Gasteiger partial charge < -0.3 is 15.3 Å². The van der Waals surface area contributed by atoms with Crippen molar-refractivity contribution in [3.63, 3.8) is 0 Å². The zero-order valence-electron chi connectivity index (χ0n) is 10.4. The molecule has 0 bridgehead atoms. The average Bonchev–Trinajstić information content (AvgIpc) is 2.40. The van der Waals surface area contributed by atoms with Crippen molar-refractivity contribution >= 4 is 23.8 Å². The number of urea groups is 1. The van der Waals surface area contributed by atoms with Crippen molar-refractivity contribution in [2.75, 3.05) is 24.6 Å². The van der Waals surface area contributed by atoms with Gasteiger partial charge >= 0.3 is 12.0 Å². The maximum atomic E-state index is 12.0. The van der Waals surface area contributed by atoms with Crippen molar-refractivity contribution in [2.45, 2.75) is 31.7 Å². The molecule has 1 unspecified atom stereocenters. The summed E-state index contributed by atoms with van der Waals surface area (Å²) in [5.74, 6) is 0.963. The molecule has 6 heteroatoms. The topological polar surface area (TPSA) is 69.6 Å². The summed E-state index contributed by atoms with van der Waals surface area (Å²) >= 11 is 1.87. The highest BCUT2D eigenvalue weighted by atomic mass is 32.2. The van der Waals surface area contributed by atoms with Crippen LogP contribution >= 0.6 is 11.8 Å². The van der Waals surface area contributed by atoms with Crippen LogP contribution in [0.15, 0.2) is 0 Å². The van der Waals surface area contributed by atoms with Gasteiger partial charge in [0, 0.05) is 24.9 Å². The summed E-state index contributed by atoms with van der Waals surface area (Å²) in [6.45, 7) is 1.02. The number of likely N-dealkylation sites (tertiary alicyclic amines) is 1. The fourth-order valence-electron chi connectivity index (χ4n) is 2.48. The van der Waals surface area contributed by atoms with Crippen molar-refractivity contribution in [1.82, 2.24) is 10.2 Å². The molecular formula is C12H20N2O3S. The predicted octanol–water partition coefficient (Wildman–Crippen LogP) is 1.39. The maximum Gasteiger partial charge on any atom is 0.317 e. The lowest BCUT2D eigenvalue weighted by atomic mass is 9.99. The molecule has 2 atom stereocenters. The molecule has 0 saturated carbocycles. The van der Waals surface area contributed by atoms with Crippen LogP contribution in [-0.2, 0) is 4.79 Å². The quantitative estimate of drug-likeness (QED) is 0.797. The molecule has 2 amide bonds. The second kappa shape index (κ2) is 6.31. The monoisotopic (exact) mass is 272 g/mol. The summed E-state index contributed by atoms with van der Waals surface area (Å²) in [5.41, 5.74) is 0. The largest absolute Gasteiger partial charge is 0.481 e. The fourth-order valence-corrected chi connectivity index (χ4v) is 3.56. The standard InChI is InChI=1S/C12H20N2O3S/c15-11(16)9-3-1-5-14(7-9)12(17)13-10-4-2-6-18-8-10/h9-10H,1-8H2,(H,13,17)(H,15,16)/t9-,10?/m0/s1. The van der Waals surface area contributed by atoms with Crippen LogP contribution in [0.5, 0.6) is 0 Å². The van der Waals surface area contributed by atoms with Gasteiger partial charge in [-0.25, -0.2) is 4.79 Å². The SMILES string of the molecule is O=C(O)[C@H]1CCCN(C(=O)NC2CCCSC2)C1. The van der Waals surface area contributed by atoms with Gasteiger partial charge in [0.2, 0.25) is 0 Å². The highest BCUT2D eigenvalue weighted by molar-refractivity contribution is 7.99. The smallest absolute Gasteiger partial charge is 0.317 e. The van der Waals surface area contributed by atoms with Crippen LogP contribution in [0, 0.1) is 5.92 Å². The lowest BCUT2D eigenvalue weighted by Crippen LogP contribution is -2.50. The third-order valence-corrected chi connectivity index (χ3v) is 4.76. The van der Waals surface area contributed by atoms with Gasteiger partial charge in [-0.05, 0) is 31.4 Å². The number of carbonyl (C=O) groups excluding carboxylic acids is 1. The van der Waals surface area contributed by atoms with E-state index >= 15 is 0 Å². The highest BCUT2D eigenvalue weighted by Crippen LogP contribution is 2.19. The minimum atomic E-state index is -0.791. The molecule has 2 N–H and O–H groups in total.